The molecule has 0 fully saturated rings. The number of carbonyl (C=O) groups excluding carboxylic acids is 1. The Balaban J connectivity index is 3.29. The van der Waals surface area contributed by atoms with Crippen LogP contribution in [-0.4, -0.2) is 38.1 Å². The van der Waals surface area contributed by atoms with Crippen LogP contribution >= 0.6 is 0 Å². The number of allylic oxidation sites excluding steroid dienone is 1. The molecule has 3 heteroatoms. The predicted molar refractivity (Wildman–Crippen MR) is 90.5 cm³/mol. The summed E-state index contributed by atoms with van der Waals surface area (Å²) in [6.45, 7) is 3.92. The molecule has 0 saturated carbocycles. The highest BCUT2D eigenvalue weighted by molar-refractivity contribution is 5.81. The third kappa shape index (κ3) is 17.1. The van der Waals surface area contributed by atoms with Crippen LogP contribution in [0, 0.1) is 0 Å². The van der Waals surface area contributed by atoms with Gasteiger partial charge in [-0.3, -0.25) is 0 Å². The molecule has 0 aromatic rings. The van der Waals surface area contributed by atoms with Crippen molar-refractivity contribution in [2.75, 3.05) is 27.2 Å². The standard InChI is InChI=1S/C18H35NO2/c1-4-5-6-7-8-9-12-15-18(20)21-17-14-11-10-13-16-19(2)3/h12,15H,4-11,13-14,16-17H2,1-3H3/b15-12+. The molecular formula is C18H35NO2. The molecule has 0 amide bonds. The minimum Gasteiger partial charge on any atom is -0.463 e. The maximum Gasteiger partial charge on any atom is 0.330 e. The molecule has 0 rings (SSSR count). The van der Waals surface area contributed by atoms with E-state index in [4.69, 9.17) is 4.74 Å². The van der Waals surface area contributed by atoms with Crippen molar-refractivity contribution in [3.63, 3.8) is 0 Å². The lowest BCUT2D eigenvalue weighted by molar-refractivity contribution is -0.137. The monoisotopic (exact) mass is 297 g/mol. The summed E-state index contributed by atoms with van der Waals surface area (Å²) < 4.78 is 5.18. The zero-order valence-corrected chi connectivity index (χ0v) is 14.4. The molecule has 0 aromatic heterocycles. The first kappa shape index (κ1) is 20.2. The van der Waals surface area contributed by atoms with Crippen molar-refractivity contribution in [2.24, 2.45) is 0 Å². The van der Waals surface area contributed by atoms with E-state index in [2.05, 4.69) is 25.9 Å². The molecular weight excluding hydrogens is 262 g/mol. The minimum absolute atomic E-state index is 0.183. The van der Waals surface area contributed by atoms with Crippen LogP contribution in [0.1, 0.15) is 71.1 Å². The van der Waals surface area contributed by atoms with Crippen LogP contribution in [0.3, 0.4) is 0 Å². The molecule has 0 radical (unpaired) electrons. The van der Waals surface area contributed by atoms with Crippen molar-refractivity contribution < 1.29 is 9.53 Å². The van der Waals surface area contributed by atoms with E-state index in [0.717, 1.165) is 25.8 Å². The highest BCUT2D eigenvalue weighted by Crippen LogP contribution is 2.05. The van der Waals surface area contributed by atoms with Gasteiger partial charge < -0.3 is 9.64 Å². The van der Waals surface area contributed by atoms with Crippen LogP contribution in [0.25, 0.3) is 0 Å². The summed E-state index contributed by atoms with van der Waals surface area (Å²) in [6.07, 6.45) is 15.4. The first-order chi connectivity index (χ1) is 10.2. The van der Waals surface area contributed by atoms with Crippen LogP contribution in [-0.2, 0) is 9.53 Å². The normalized spacial score (nSPS) is 11.4. The molecule has 0 aliphatic heterocycles. The molecule has 0 bridgehead atoms. The first-order valence-electron chi connectivity index (χ1n) is 8.64. The second-order valence-corrected chi connectivity index (χ2v) is 5.99. The molecule has 124 valence electrons. The average Bonchev–Trinajstić information content (AvgIpc) is 2.45. The minimum atomic E-state index is -0.183. The SMILES string of the molecule is CCCCCCC/C=C/C(=O)OCCCCCCN(C)C. The largest absolute Gasteiger partial charge is 0.463 e. The van der Waals surface area contributed by atoms with Gasteiger partial charge in [0.2, 0.25) is 0 Å². The Labute approximate surface area is 131 Å². The van der Waals surface area contributed by atoms with Gasteiger partial charge in [-0.15, -0.1) is 0 Å². The second-order valence-electron chi connectivity index (χ2n) is 5.99. The van der Waals surface area contributed by atoms with E-state index < -0.39 is 0 Å². The summed E-state index contributed by atoms with van der Waals surface area (Å²) in [5.74, 6) is -0.183. The highest BCUT2D eigenvalue weighted by Gasteiger charge is 1.97. The number of rotatable bonds is 14. The van der Waals surface area contributed by atoms with Crippen LogP contribution in [0.5, 0.6) is 0 Å². The second kappa shape index (κ2) is 15.6. The van der Waals surface area contributed by atoms with Gasteiger partial charge in [-0.05, 0) is 46.3 Å². The quantitative estimate of drug-likeness (QED) is 0.267. The number of ether oxygens (including phenoxy) is 1. The summed E-state index contributed by atoms with van der Waals surface area (Å²) in [7, 11) is 4.19. The number of hydrogen-bond donors (Lipinski definition) is 0. The number of hydrogen-bond acceptors (Lipinski definition) is 3. The number of carbonyl (C=O) groups is 1. The Morgan fingerprint density at radius 2 is 1.62 bits per heavy atom. The summed E-state index contributed by atoms with van der Waals surface area (Å²) in [4.78, 5) is 13.6. The Morgan fingerprint density at radius 3 is 2.33 bits per heavy atom. The van der Waals surface area contributed by atoms with Gasteiger partial charge in [0.1, 0.15) is 0 Å². The van der Waals surface area contributed by atoms with Crippen molar-refractivity contribution in [2.45, 2.75) is 71.1 Å². The molecule has 0 saturated heterocycles. The van der Waals surface area contributed by atoms with E-state index in [-0.39, 0.29) is 5.97 Å². The Kier molecular flexibility index (Phi) is 14.9. The van der Waals surface area contributed by atoms with Gasteiger partial charge in [0, 0.05) is 6.08 Å². The zero-order chi connectivity index (χ0) is 15.8. The Morgan fingerprint density at radius 1 is 0.952 bits per heavy atom. The number of esters is 1. The van der Waals surface area contributed by atoms with Crippen molar-refractivity contribution >= 4 is 5.97 Å². The molecule has 0 unspecified atom stereocenters. The summed E-state index contributed by atoms with van der Waals surface area (Å²) in [6, 6.07) is 0. The lowest BCUT2D eigenvalue weighted by atomic mass is 10.1. The lowest BCUT2D eigenvalue weighted by Gasteiger charge is -2.08. The van der Waals surface area contributed by atoms with Crippen LogP contribution < -0.4 is 0 Å². The summed E-state index contributed by atoms with van der Waals surface area (Å²) in [5.41, 5.74) is 0. The van der Waals surface area contributed by atoms with Gasteiger partial charge in [0.25, 0.3) is 0 Å². The third-order valence-electron chi connectivity index (χ3n) is 3.47. The van der Waals surface area contributed by atoms with Crippen LogP contribution in [0.4, 0.5) is 0 Å². The molecule has 0 atom stereocenters. The Hall–Kier alpha value is -0.830. The fourth-order valence-electron chi connectivity index (χ4n) is 2.15. The maximum atomic E-state index is 11.4. The fraction of sp³-hybridized carbons (Fsp3) is 0.833. The van der Waals surface area contributed by atoms with E-state index in [9.17, 15) is 4.79 Å². The van der Waals surface area contributed by atoms with Gasteiger partial charge in [-0.25, -0.2) is 4.79 Å². The summed E-state index contributed by atoms with van der Waals surface area (Å²) >= 11 is 0. The van der Waals surface area contributed by atoms with E-state index in [1.165, 1.54) is 44.9 Å². The Bertz CT molecular complexity index is 262. The molecule has 0 N–H and O–H groups in total. The zero-order valence-electron chi connectivity index (χ0n) is 14.4. The third-order valence-corrected chi connectivity index (χ3v) is 3.47. The van der Waals surface area contributed by atoms with E-state index >= 15 is 0 Å². The van der Waals surface area contributed by atoms with E-state index in [0.29, 0.717) is 6.61 Å². The van der Waals surface area contributed by atoms with Gasteiger partial charge in [-0.2, -0.15) is 0 Å². The molecule has 0 heterocycles. The van der Waals surface area contributed by atoms with Gasteiger partial charge in [0.05, 0.1) is 6.61 Å². The smallest absolute Gasteiger partial charge is 0.330 e. The van der Waals surface area contributed by atoms with Gasteiger partial charge in [-0.1, -0.05) is 51.5 Å². The van der Waals surface area contributed by atoms with Gasteiger partial charge in [0.15, 0.2) is 0 Å². The van der Waals surface area contributed by atoms with Crippen LogP contribution in [0.15, 0.2) is 12.2 Å². The molecule has 0 aliphatic carbocycles. The first-order valence-corrected chi connectivity index (χ1v) is 8.64. The van der Waals surface area contributed by atoms with E-state index in [1.54, 1.807) is 6.08 Å². The lowest BCUT2D eigenvalue weighted by Crippen LogP contribution is -2.12. The predicted octanol–water partition coefficient (Wildman–Crippen LogP) is 4.57. The fourth-order valence-corrected chi connectivity index (χ4v) is 2.15. The molecule has 0 spiro atoms. The summed E-state index contributed by atoms with van der Waals surface area (Å²) in [5, 5.41) is 0. The van der Waals surface area contributed by atoms with Gasteiger partial charge >= 0.3 is 5.97 Å². The topological polar surface area (TPSA) is 29.5 Å². The maximum absolute atomic E-state index is 11.4. The molecule has 0 aliphatic rings. The van der Waals surface area contributed by atoms with Crippen molar-refractivity contribution in [1.29, 1.82) is 0 Å². The molecule has 0 aromatic carbocycles. The number of nitrogens with zero attached hydrogens (tertiary/aromatic N) is 1. The van der Waals surface area contributed by atoms with Crippen LogP contribution in [0.2, 0.25) is 0 Å². The average molecular weight is 297 g/mol. The van der Waals surface area contributed by atoms with Crippen molar-refractivity contribution in [3.8, 4) is 0 Å². The molecule has 21 heavy (non-hydrogen) atoms. The van der Waals surface area contributed by atoms with Crippen molar-refractivity contribution in [1.82, 2.24) is 4.90 Å². The molecule has 3 nitrogen and oxygen atoms in total. The highest BCUT2D eigenvalue weighted by atomic mass is 16.5. The number of unbranched alkanes of at least 4 members (excludes halogenated alkanes) is 8. The van der Waals surface area contributed by atoms with Crippen molar-refractivity contribution in [3.05, 3.63) is 12.2 Å². The van der Waals surface area contributed by atoms with E-state index in [1.807, 2.05) is 6.08 Å².